The highest BCUT2D eigenvalue weighted by atomic mass is 32.2. The first-order chi connectivity index (χ1) is 13.3. The van der Waals surface area contributed by atoms with Gasteiger partial charge in [0.1, 0.15) is 6.33 Å². The molecule has 1 fully saturated rings. The van der Waals surface area contributed by atoms with E-state index in [0.717, 1.165) is 0 Å². The minimum absolute atomic E-state index is 0.0601. The maximum Gasteiger partial charge on any atom is 0.341 e. The molecular formula is C17H21N5O5S. The summed E-state index contributed by atoms with van der Waals surface area (Å²) in [6.07, 6.45) is 0.683. The third-order valence-corrected chi connectivity index (χ3v) is 6.37. The molecule has 11 heteroatoms. The Hall–Kier alpha value is -2.82. The van der Waals surface area contributed by atoms with E-state index in [1.165, 1.54) is 22.8 Å². The third-order valence-electron chi connectivity index (χ3n) is 4.62. The van der Waals surface area contributed by atoms with Gasteiger partial charge in [-0.1, -0.05) is 12.1 Å². The quantitative estimate of drug-likeness (QED) is 0.624. The molecule has 2 heterocycles. The first-order valence-electron chi connectivity index (χ1n) is 8.86. The van der Waals surface area contributed by atoms with Crippen LogP contribution in [0.5, 0.6) is 0 Å². The van der Waals surface area contributed by atoms with Crippen molar-refractivity contribution in [1.29, 1.82) is 0 Å². The maximum atomic E-state index is 12.8. The topological polar surface area (TPSA) is 124 Å². The van der Waals surface area contributed by atoms with E-state index < -0.39 is 33.9 Å². The SMILES string of the molecule is CCN(C(=O)[C@@H](C)OC(=O)c1ccccc1-n1cnnn1)[C@H]1CCS(=O)(=O)C1. The minimum atomic E-state index is -3.13. The molecule has 3 rings (SSSR count). The van der Waals surface area contributed by atoms with Gasteiger partial charge < -0.3 is 9.64 Å². The van der Waals surface area contributed by atoms with Crippen molar-refractivity contribution in [3.8, 4) is 5.69 Å². The summed E-state index contributed by atoms with van der Waals surface area (Å²) in [7, 11) is -3.13. The molecule has 2 atom stereocenters. The zero-order chi connectivity index (χ0) is 20.3. The molecule has 0 radical (unpaired) electrons. The van der Waals surface area contributed by atoms with Crippen LogP contribution in [0.1, 0.15) is 30.6 Å². The minimum Gasteiger partial charge on any atom is -0.449 e. The highest BCUT2D eigenvalue weighted by molar-refractivity contribution is 7.91. The molecule has 1 aromatic heterocycles. The van der Waals surface area contributed by atoms with Gasteiger partial charge in [0.05, 0.1) is 22.8 Å². The Balaban J connectivity index is 1.73. The van der Waals surface area contributed by atoms with Crippen molar-refractivity contribution in [3.05, 3.63) is 36.2 Å². The summed E-state index contributed by atoms with van der Waals surface area (Å²) in [5.74, 6) is -1.11. The lowest BCUT2D eigenvalue weighted by molar-refractivity contribution is -0.141. The second kappa shape index (κ2) is 8.05. The molecule has 1 saturated heterocycles. The normalized spacial score (nSPS) is 19.1. The van der Waals surface area contributed by atoms with E-state index in [4.69, 9.17) is 4.74 Å². The zero-order valence-electron chi connectivity index (χ0n) is 15.6. The molecule has 0 spiro atoms. The molecule has 1 amide bonds. The van der Waals surface area contributed by atoms with Crippen molar-refractivity contribution in [1.82, 2.24) is 25.1 Å². The van der Waals surface area contributed by atoms with Crippen molar-refractivity contribution in [3.63, 3.8) is 0 Å². The van der Waals surface area contributed by atoms with Crippen LogP contribution in [-0.2, 0) is 19.4 Å². The average molecular weight is 407 g/mol. The number of amides is 1. The Morgan fingerprint density at radius 2 is 2.11 bits per heavy atom. The van der Waals surface area contributed by atoms with Crippen LogP contribution in [0, 0.1) is 0 Å². The Bertz CT molecular complexity index is 960. The number of esters is 1. The highest BCUT2D eigenvalue weighted by Crippen LogP contribution is 2.20. The Morgan fingerprint density at radius 3 is 2.71 bits per heavy atom. The number of tetrazole rings is 1. The summed E-state index contributed by atoms with van der Waals surface area (Å²) in [6.45, 7) is 3.58. The first-order valence-corrected chi connectivity index (χ1v) is 10.7. The Morgan fingerprint density at radius 1 is 1.36 bits per heavy atom. The van der Waals surface area contributed by atoms with Crippen molar-refractivity contribution >= 4 is 21.7 Å². The lowest BCUT2D eigenvalue weighted by atomic mass is 10.1. The number of ether oxygens (including phenoxy) is 1. The van der Waals surface area contributed by atoms with Crippen molar-refractivity contribution < 1.29 is 22.7 Å². The molecule has 28 heavy (non-hydrogen) atoms. The smallest absolute Gasteiger partial charge is 0.341 e. The molecule has 1 aliphatic heterocycles. The molecule has 0 saturated carbocycles. The third kappa shape index (κ3) is 4.19. The molecule has 0 aliphatic carbocycles. The monoisotopic (exact) mass is 407 g/mol. The van der Waals surface area contributed by atoms with Crippen molar-refractivity contribution in [2.24, 2.45) is 0 Å². The van der Waals surface area contributed by atoms with E-state index in [2.05, 4.69) is 15.5 Å². The number of para-hydroxylation sites is 1. The summed E-state index contributed by atoms with van der Waals surface area (Å²) in [5.41, 5.74) is 0.632. The Labute approximate surface area is 162 Å². The predicted octanol–water partition coefficient (Wildman–Crippen LogP) is 0.243. The molecule has 2 aromatic rings. The molecule has 1 aromatic carbocycles. The van der Waals surface area contributed by atoms with Gasteiger partial charge in [0, 0.05) is 12.6 Å². The van der Waals surface area contributed by atoms with E-state index in [1.54, 1.807) is 31.2 Å². The second-order valence-electron chi connectivity index (χ2n) is 6.50. The van der Waals surface area contributed by atoms with Gasteiger partial charge in [-0.25, -0.2) is 13.2 Å². The number of aromatic nitrogens is 4. The maximum absolute atomic E-state index is 12.8. The fraction of sp³-hybridized carbons (Fsp3) is 0.471. The van der Waals surface area contributed by atoms with Crippen LogP contribution in [-0.4, -0.2) is 75.6 Å². The Kier molecular flexibility index (Phi) is 5.73. The van der Waals surface area contributed by atoms with E-state index in [1.807, 2.05) is 0 Å². The van der Waals surface area contributed by atoms with Crippen LogP contribution in [0.25, 0.3) is 5.69 Å². The predicted molar refractivity (Wildman–Crippen MR) is 98.5 cm³/mol. The van der Waals surface area contributed by atoms with E-state index in [-0.39, 0.29) is 17.1 Å². The van der Waals surface area contributed by atoms with Crippen LogP contribution >= 0.6 is 0 Å². The summed E-state index contributed by atoms with van der Waals surface area (Å²) in [4.78, 5) is 26.9. The molecular weight excluding hydrogens is 386 g/mol. The summed E-state index contributed by atoms with van der Waals surface area (Å²) >= 11 is 0. The lowest BCUT2D eigenvalue weighted by Crippen LogP contribution is -2.46. The number of carbonyl (C=O) groups is 2. The molecule has 150 valence electrons. The zero-order valence-corrected chi connectivity index (χ0v) is 16.4. The van der Waals surface area contributed by atoms with Gasteiger partial charge in [-0.2, -0.15) is 4.68 Å². The summed E-state index contributed by atoms with van der Waals surface area (Å²) in [5, 5.41) is 10.9. The van der Waals surface area contributed by atoms with Crippen molar-refractivity contribution in [2.45, 2.75) is 32.4 Å². The first kappa shape index (κ1) is 19.9. The van der Waals surface area contributed by atoms with Crippen LogP contribution < -0.4 is 0 Å². The highest BCUT2D eigenvalue weighted by Gasteiger charge is 2.36. The lowest BCUT2D eigenvalue weighted by Gasteiger charge is -2.29. The van der Waals surface area contributed by atoms with E-state index >= 15 is 0 Å². The van der Waals surface area contributed by atoms with Gasteiger partial charge in [0.2, 0.25) is 0 Å². The molecule has 0 bridgehead atoms. The number of nitrogens with zero attached hydrogens (tertiary/aromatic N) is 5. The van der Waals surface area contributed by atoms with Gasteiger partial charge in [0.25, 0.3) is 5.91 Å². The number of benzene rings is 1. The number of sulfone groups is 1. The van der Waals surface area contributed by atoms with Gasteiger partial charge in [-0.15, -0.1) is 5.10 Å². The fourth-order valence-electron chi connectivity index (χ4n) is 3.24. The van der Waals surface area contributed by atoms with Gasteiger partial charge >= 0.3 is 5.97 Å². The molecule has 0 unspecified atom stereocenters. The summed E-state index contributed by atoms with van der Waals surface area (Å²) in [6, 6.07) is 6.20. The molecule has 0 N–H and O–H groups in total. The fourth-order valence-corrected chi connectivity index (χ4v) is 4.97. The molecule has 10 nitrogen and oxygen atoms in total. The van der Waals surface area contributed by atoms with Gasteiger partial charge in [-0.3, -0.25) is 4.79 Å². The van der Waals surface area contributed by atoms with Crippen LogP contribution in [0.3, 0.4) is 0 Å². The number of hydrogen-bond donors (Lipinski definition) is 0. The number of rotatable bonds is 6. The number of carbonyl (C=O) groups excluding carboxylic acids is 2. The van der Waals surface area contributed by atoms with Crippen LogP contribution in [0.4, 0.5) is 0 Å². The van der Waals surface area contributed by atoms with Gasteiger partial charge in [-0.05, 0) is 42.8 Å². The van der Waals surface area contributed by atoms with Crippen molar-refractivity contribution in [2.75, 3.05) is 18.1 Å². The largest absolute Gasteiger partial charge is 0.449 e. The number of likely N-dealkylation sites (N-methyl/N-ethyl adjacent to an activating group) is 1. The number of hydrogen-bond acceptors (Lipinski definition) is 8. The van der Waals surface area contributed by atoms with E-state index in [0.29, 0.717) is 18.7 Å². The van der Waals surface area contributed by atoms with Crippen LogP contribution in [0.2, 0.25) is 0 Å². The van der Waals surface area contributed by atoms with E-state index in [9.17, 15) is 18.0 Å². The average Bonchev–Trinajstić information content (AvgIpc) is 3.32. The molecule has 1 aliphatic rings. The standard InChI is InChI=1S/C17H21N5O5S/c1-3-21(13-8-9-28(25,26)10-13)16(23)12(2)27-17(24)14-6-4-5-7-15(14)22-11-18-19-20-22/h4-7,11-13H,3,8-10H2,1-2H3/t12-,13+/m1/s1. The summed E-state index contributed by atoms with van der Waals surface area (Å²) < 4.78 is 30.1. The second-order valence-corrected chi connectivity index (χ2v) is 8.73. The van der Waals surface area contributed by atoms with Gasteiger partial charge in [0.15, 0.2) is 15.9 Å². The van der Waals surface area contributed by atoms with Crippen LogP contribution in [0.15, 0.2) is 30.6 Å².